The second-order valence-corrected chi connectivity index (χ2v) is 8.58. The molecule has 1 aromatic rings. The van der Waals surface area contributed by atoms with Crippen LogP contribution in [0.15, 0.2) is 29.3 Å². The quantitative estimate of drug-likeness (QED) is 0.313. The van der Waals surface area contributed by atoms with Crippen molar-refractivity contribution in [3.05, 3.63) is 29.8 Å². The van der Waals surface area contributed by atoms with Crippen LogP contribution in [-0.2, 0) is 4.74 Å². The Bertz CT molecular complexity index is 713. The summed E-state index contributed by atoms with van der Waals surface area (Å²) in [4.78, 5) is 9.58. The van der Waals surface area contributed by atoms with Gasteiger partial charge in [-0.25, -0.2) is 0 Å². The van der Waals surface area contributed by atoms with Crippen molar-refractivity contribution in [1.82, 2.24) is 20.4 Å². The Morgan fingerprint density at radius 2 is 2.00 bits per heavy atom. The molecule has 0 bridgehead atoms. The number of morpholine rings is 1. The van der Waals surface area contributed by atoms with Crippen molar-refractivity contribution in [3.63, 3.8) is 0 Å². The van der Waals surface area contributed by atoms with E-state index in [9.17, 15) is 0 Å². The minimum absolute atomic E-state index is 0. The molecule has 3 aliphatic rings. The molecule has 3 saturated heterocycles. The zero-order chi connectivity index (χ0) is 20.8. The van der Waals surface area contributed by atoms with Gasteiger partial charge in [-0.1, -0.05) is 18.2 Å². The van der Waals surface area contributed by atoms with Crippen molar-refractivity contribution in [3.8, 4) is 5.75 Å². The maximum atomic E-state index is 6.08. The molecule has 1 aromatic carbocycles. The molecule has 4 rings (SSSR count). The van der Waals surface area contributed by atoms with Crippen LogP contribution in [-0.4, -0.2) is 87.9 Å². The van der Waals surface area contributed by atoms with Gasteiger partial charge >= 0.3 is 0 Å². The summed E-state index contributed by atoms with van der Waals surface area (Å²) in [6, 6.07) is 9.27. The standard InChI is InChI=1S/C23H37N5O2.HI/c1-24-23(25-14-19-16-28-13-7-8-18(28)17-30-19)26-15-21(27-11-5-6-12-27)20-9-3-4-10-22(20)29-2;/h3-4,9-10,18-19,21H,5-8,11-17H2,1-2H3,(H2,24,25,26);1H. The molecule has 0 radical (unpaired) electrons. The maximum Gasteiger partial charge on any atom is 0.191 e. The minimum atomic E-state index is 0. The van der Waals surface area contributed by atoms with Gasteiger partial charge in [0.05, 0.1) is 25.9 Å². The molecule has 0 amide bonds. The van der Waals surface area contributed by atoms with Crippen molar-refractivity contribution in [2.24, 2.45) is 4.99 Å². The van der Waals surface area contributed by atoms with Crippen molar-refractivity contribution in [2.75, 3.05) is 60.0 Å². The molecule has 0 aliphatic carbocycles. The molecule has 7 nitrogen and oxygen atoms in total. The molecule has 8 heteroatoms. The molecule has 3 aliphatic heterocycles. The van der Waals surface area contributed by atoms with Crippen LogP contribution >= 0.6 is 24.0 Å². The van der Waals surface area contributed by atoms with Crippen LogP contribution in [0.3, 0.4) is 0 Å². The van der Waals surface area contributed by atoms with Gasteiger partial charge in [-0.15, -0.1) is 24.0 Å². The zero-order valence-electron chi connectivity index (χ0n) is 18.9. The van der Waals surface area contributed by atoms with E-state index in [-0.39, 0.29) is 36.1 Å². The average molecular weight is 543 g/mol. The third-order valence-corrected chi connectivity index (χ3v) is 6.72. The van der Waals surface area contributed by atoms with E-state index >= 15 is 0 Å². The number of likely N-dealkylation sites (tertiary alicyclic amines) is 1. The molecule has 3 unspecified atom stereocenters. The van der Waals surface area contributed by atoms with Gasteiger partial charge in [0.2, 0.25) is 0 Å². The van der Waals surface area contributed by atoms with Gasteiger partial charge in [-0.3, -0.25) is 14.8 Å². The Morgan fingerprint density at radius 1 is 1.19 bits per heavy atom. The number of methoxy groups -OCH3 is 1. The number of hydrogen-bond donors (Lipinski definition) is 2. The van der Waals surface area contributed by atoms with E-state index in [1.807, 2.05) is 13.1 Å². The fraction of sp³-hybridized carbons (Fsp3) is 0.696. The third-order valence-electron chi connectivity index (χ3n) is 6.72. The summed E-state index contributed by atoms with van der Waals surface area (Å²) in [6.07, 6.45) is 5.33. The number of nitrogens with one attached hydrogen (secondary N) is 2. The van der Waals surface area contributed by atoms with Crippen LogP contribution in [0, 0.1) is 0 Å². The number of para-hydroxylation sites is 1. The summed E-state index contributed by atoms with van der Waals surface area (Å²) in [5.74, 6) is 1.79. The van der Waals surface area contributed by atoms with Gasteiger partial charge in [0.15, 0.2) is 5.96 Å². The number of fused-ring (bicyclic) bond motifs is 1. The van der Waals surface area contributed by atoms with Crippen LogP contribution in [0.2, 0.25) is 0 Å². The predicted octanol–water partition coefficient (Wildman–Crippen LogP) is 2.48. The molecule has 2 N–H and O–H groups in total. The fourth-order valence-electron chi connectivity index (χ4n) is 5.06. The summed E-state index contributed by atoms with van der Waals surface area (Å²) in [7, 11) is 3.59. The lowest BCUT2D eigenvalue weighted by Gasteiger charge is -2.35. The highest BCUT2D eigenvalue weighted by molar-refractivity contribution is 14.0. The van der Waals surface area contributed by atoms with Crippen LogP contribution < -0.4 is 15.4 Å². The topological polar surface area (TPSA) is 61.4 Å². The lowest BCUT2D eigenvalue weighted by atomic mass is 10.0. The molecular formula is C23H38IN5O2. The Kier molecular flexibility index (Phi) is 9.68. The van der Waals surface area contributed by atoms with Crippen molar-refractivity contribution >= 4 is 29.9 Å². The van der Waals surface area contributed by atoms with E-state index < -0.39 is 0 Å². The van der Waals surface area contributed by atoms with Crippen molar-refractivity contribution < 1.29 is 9.47 Å². The summed E-state index contributed by atoms with van der Waals surface area (Å²) in [5, 5.41) is 7.04. The molecular weight excluding hydrogens is 505 g/mol. The van der Waals surface area contributed by atoms with E-state index in [1.165, 1.54) is 37.8 Å². The first-order chi connectivity index (χ1) is 14.8. The first-order valence-corrected chi connectivity index (χ1v) is 11.5. The lowest BCUT2D eigenvalue weighted by Crippen LogP contribution is -2.52. The van der Waals surface area contributed by atoms with Gasteiger partial charge in [0.25, 0.3) is 0 Å². The highest BCUT2D eigenvalue weighted by Gasteiger charge is 2.32. The van der Waals surface area contributed by atoms with E-state index in [2.05, 4.69) is 43.6 Å². The van der Waals surface area contributed by atoms with Crippen LogP contribution in [0.25, 0.3) is 0 Å². The molecule has 0 spiro atoms. The average Bonchev–Trinajstić information content (AvgIpc) is 3.48. The number of rotatable bonds is 7. The highest BCUT2D eigenvalue weighted by atomic mass is 127. The Balaban J connectivity index is 0.00000272. The van der Waals surface area contributed by atoms with E-state index in [0.717, 1.165) is 51.0 Å². The first-order valence-electron chi connectivity index (χ1n) is 11.5. The molecule has 31 heavy (non-hydrogen) atoms. The van der Waals surface area contributed by atoms with Gasteiger partial charge in [0, 0.05) is 38.3 Å². The summed E-state index contributed by atoms with van der Waals surface area (Å²) >= 11 is 0. The lowest BCUT2D eigenvalue weighted by molar-refractivity contribution is -0.0453. The fourth-order valence-corrected chi connectivity index (χ4v) is 5.06. The van der Waals surface area contributed by atoms with Crippen molar-refractivity contribution in [2.45, 2.75) is 43.9 Å². The second-order valence-electron chi connectivity index (χ2n) is 8.58. The van der Waals surface area contributed by atoms with Gasteiger partial charge in [-0.05, 0) is 51.4 Å². The number of aliphatic imine (C=N–C) groups is 1. The van der Waals surface area contributed by atoms with E-state index in [0.29, 0.717) is 6.04 Å². The monoisotopic (exact) mass is 543 g/mol. The smallest absolute Gasteiger partial charge is 0.191 e. The number of nitrogens with zero attached hydrogens (tertiary/aromatic N) is 3. The van der Waals surface area contributed by atoms with Gasteiger partial charge in [0.1, 0.15) is 5.75 Å². The second kappa shape index (κ2) is 12.2. The summed E-state index contributed by atoms with van der Waals surface area (Å²) < 4.78 is 11.7. The first kappa shape index (κ1) is 24.5. The molecule has 3 heterocycles. The number of benzene rings is 1. The maximum absolute atomic E-state index is 6.08. The number of hydrogen-bond acceptors (Lipinski definition) is 5. The van der Waals surface area contributed by atoms with Crippen LogP contribution in [0.4, 0.5) is 0 Å². The Hall–Kier alpha value is -1.10. The number of guanidine groups is 1. The highest BCUT2D eigenvalue weighted by Crippen LogP contribution is 2.31. The van der Waals surface area contributed by atoms with Gasteiger partial charge < -0.3 is 20.1 Å². The predicted molar refractivity (Wildman–Crippen MR) is 136 cm³/mol. The Labute approximate surface area is 204 Å². The summed E-state index contributed by atoms with van der Waals surface area (Å²) in [6.45, 7) is 6.93. The summed E-state index contributed by atoms with van der Waals surface area (Å²) in [5.41, 5.74) is 1.24. The van der Waals surface area contributed by atoms with E-state index in [1.54, 1.807) is 7.11 Å². The van der Waals surface area contributed by atoms with Gasteiger partial charge in [-0.2, -0.15) is 0 Å². The van der Waals surface area contributed by atoms with Crippen LogP contribution in [0.1, 0.15) is 37.3 Å². The normalized spacial score (nSPS) is 25.5. The van der Waals surface area contributed by atoms with E-state index in [4.69, 9.17) is 9.47 Å². The zero-order valence-corrected chi connectivity index (χ0v) is 21.2. The third kappa shape index (κ3) is 6.24. The SMILES string of the molecule is CN=C(NCC1CN2CCCC2CO1)NCC(c1ccccc1OC)N1CCCC1.I. The van der Waals surface area contributed by atoms with Crippen molar-refractivity contribution in [1.29, 1.82) is 0 Å². The Morgan fingerprint density at radius 3 is 2.77 bits per heavy atom. The molecule has 0 saturated carbocycles. The largest absolute Gasteiger partial charge is 0.496 e. The molecule has 174 valence electrons. The molecule has 0 aromatic heterocycles. The van der Waals surface area contributed by atoms with Crippen LogP contribution in [0.5, 0.6) is 5.75 Å². The minimum Gasteiger partial charge on any atom is -0.496 e. The molecule has 3 fully saturated rings. The molecule has 3 atom stereocenters. The number of ether oxygens (including phenoxy) is 2. The number of halogens is 1.